The van der Waals surface area contributed by atoms with Gasteiger partial charge in [0.25, 0.3) is 0 Å². The van der Waals surface area contributed by atoms with Gasteiger partial charge in [0.05, 0.1) is 0 Å². The Labute approximate surface area is 92.3 Å². The predicted molar refractivity (Wildman–Crippen MR) is 57.6 cm³/mol. The zero-order chi connectivity index (χ0) is 11.5. The van der Waals surface area contributed by atoms with E-state index in [1.54, 1.807) is 6.07 Å². The van der Waals surface area contributed by atoms with Crippen LogP contribution in [0.3, 0.4) is 0 Å². The van der Waals surface area contributed by atoms with E-state index in [0.29, 0.717) is 11.5 Å². The van der Waals surface area contributed by atoms with Gasteiger partial charge in [-0.1, -0.05) is 6.07 Å². The monoisotopic (exact) mass is 220 g/mol. The summed E-state index contributed by atoms with van der Waals surface area (Å²) in [4.78, 5) is 0. The summed E-state index contributed by atoms with van der Waals surface area (Å²) in [5, 5.41) is 0. The Bertz CT molecular complexity index is 492. The highest BCUT2D eigenvalue weighted by molar-refractivity contribution is 5.37. The minimum absolute atomic E-state index is 0.330. The lowest BCUT2D eigenvalue weighted by Crippen LogP contribution is -1.88. The summed E-state index contributed by atoms with van der Waals surface area (Å²) in [7, 11) is 0. The molecule has 0 fully saturated rings. The number of rotatable bonds is 2. The molecule has 0 bridgehead atoms. The molecule has 0 radical (unpaired) electrons. The maximum absolute atomic E-state index is 13.0. The van der Waals surface area contributed by atoms with Gasteiger partial charge in [-0.15, -0.1) is 0 Å². The Morgan fingerprint density at radius 1 is 0.875 bits per heavy atom. The first kappa shape index (κ1) is 10.6. The highest BCUT2D eigenvalue weighted by Crippen LogP contribution is 2.25. The molecule has 0 atom stereocenters. The van der Waals surface area contributed by atoms with Gasteiger partial charge in [-0.05, 0) is 42.8 Å². The first-order valence-electron chi connectivity index (χ1n) is 4.85. The number of hydrogen-bond donors (Lipinski definition) is 0. The van der Waals surface area contributed by atoms with Crippen molar-refractivity contribution >= 4 is 0 Å². The Morgan fingerprint density at radius 3 is 2.19 bits per heavy atom. The highest BCUT2D eigenvalue weighted by atomic mass is 19.1. The molecule has 1 nitrogen and oxygen atoms in total. The smallest absolute Gasteiger partial charge is 0.133 e. The SMILES string of the molecule is Cc1ccc(F)cc1Oc1ccc(F)cc1. The summed E-state index contributed by atoms with van der Waals surface area (Å²) in [5.41, 5.74) is 0.825. The van der Waals surface area contributed by atoms with Gasteiger partial charge in [-0.3, -0.25) is 0 Å². The van der Waals surface area contributed by atoms with Crippen LogP contribution in [0, 0.1) is 18.6 Å². The van der Waals surface area contributed by atoms with E-state index in [0.717, 1.165) is 5.56 Å². The van der Waals surface area contributed by atoms with E-state index in [-0.39, 0.29) is 11.6 Å². The number of aryl methyl sites for hydroxylation is 1. The van der Waals surface area contributed by atoms with Gasteiger partial charge >= 0.3 is 0 Å². The van der Waals surface area contributed by atoms with Crippen LogP contribution < -0.4 is 4.74 Å². The first-order chi connectivity index (χ1) is 7.65. The molecule has 2 aromatic rings. The molecule has 0 spiro atoms. The lowest BCUT2D eigenvalue weighted by Gasteiger charge is -2.08. The predicted octanol–water partition coefficient (Wildman–Crippen LogP) is 4.07. The van der Waals surface area contributed by atoms with Crippen LogP contribution in [0.2, 0.25) is 0 Å². The van der Waals surface area contributed by atoms with Crippen LogP contribution in [0.4, 0.5) is 8.78 Å². The van der Waals surface area contributed by atoms with Crippen LogP contribution in [0.15, 0.2) is 42.5 Å². The first-order valence-corrected chi connectivity index (χ1v) is 4.85. The molecular weight excluding hydrogens is 210 g/mol. The van der Waals surface area contributed by atoms with Crippen molar-refractivity contribution < 1.29 is 13.5 Å². The van der Waals surface area contributed by atoms with Crippen molar-refractivity contribution in [3.63, 3.8) is 0 Å². The lowest BCUT2D eigenvalue weighted by atomic mass is 10.2. The largest absolute Gasteiger partial charge is 0.457 e. The van der Waals surface area contributed by atoms with E-state index in [2.05, 4.69) is 0 Å². The third-order valence-corrected chi connectivity index (χ3v) is 2.19. The lowest BCUT2D eigenvalue weighted by molar-refractivity contribution is 0.471. The number of halogens is 2. The van der Waals surface area contributed by atoms with E-state index < -0.39 is 0 Å². The minimum atomic E-state index is -0.359. The summed E-state index contributed by atoms with van der Waals surface area (Å²) in [6, 6.07) is 9.90. The second-order valence-corrected chi connectivity index (χ2v) is 3.47. The maximum Gasteiger partial charge on any atom is 0.133 e. The van der Waals surface area contributed by atoms with Gasteiger partial charge in [-0.2, -0.15) is 0 Å². The van der Waals surface area contributed by atoms with Crippen LogP contribution in [0.1, 0.15) is 5.56 Å². The third kappa shape index (κ3) is 2.37. The van der Waals surface area contributed by atoms with Gasteiger partial charge in [0.2, 0.25) is 0 Å². The van der Waals surface area contributed by atoms with E-state index in [1.807, 2.05) is 6.92 Å². The van der Waals surface area contributed by atoms with Gasteiger partial charge in [0, 0.05) is 6.07 Å². The Hall–Kier alpha value is -1.90. The van der Waals surface area contributed by atoms with Crippen molar-refractivity contribution in [2.45, 2.75) is 6.92 Å². The van der Waals surface area contributed by atoms with E-state index in [9.17, 15) is 8.78 Å². The molecule has 0 aliphatic heterocycles. The van der Waals surface area contributed by atoms with Gasteiger partial charge in [0.1, 0.15) is 23.1 Å². The fraction of sp³-hybridized carbons (Fsp3) is 0.0769. The molecule has 0 amide bonds. The van der Waals surface area contributed by atoms with Gasteiger partial charge in [-0.25, -0.2) is 8.78 Å². The average Bonchev–Trinajstić information content (AvgIpc) is 2.27. The minimum Gasteiger partial charge on any atom is -0.457 e. The standard InChI is InChI=1S/C13H10F2O/c1-9-2-3-11(15)8-13(9)16-12-6-4-10(14)5-7-12/h2-8H,1H3. The van der Waals surface area contributed by atoms with Crippen molar-refractivity contribution in [3.05, 3.63) is 59.7 Å². The second-order valence-electron chi connectivity index (χ2n) is 3.47. The molecule has 0 aliphatic carbocycles. The molecule has 0 heterocycles. The molecular formula is C13H10F2O. The van der Waals surface area contributed by atoms with Crippen molar-refractivity contribution in [3.8, 4) is 11.5 Å². The summed E-state index contributed by atoms with van der Waals surface area (Å²) >= 11 is 0. The second kappa shape index (κ2) is 4.31. The fourth-order valence-corrected chi connectivity index (χ4v) is 1.31. The van der Waals surface area contributed by atoms with Crippen molar-refractivity contribution in [2.24, 2.45) is 0 Å². The van der Waals surface area contributed by atoms with Crippen LogP contribution in [0.5, 0.6) is 11.5 Å². The number of ether oxygens (including phenoxy) is 1. The van der Waals surface area contributed by atoms with E-state index in [1.165, 1.54) is 36.4 Å². The van der Waals surface area contributed by atoms with Gasteiger partial charge in [0.15, 0.2) is 0 Å². The van der Waals surface area contributed by atoms with Crippen LogP contribution in [-0.4, -0.2) is 0 Å². The topological polar surface area (TPSA) is 9.23 Å². The fourth-order valence-electron chi connectivity index (χ4n) is 1.31. The molecule has 0 N–H and O–H groups in total. The molecule has 16 heavy (non-hydrogen) atoms. The third-order valence-electron chi connectivity index (χ3n) is 2.19. The summed E-state index contributed by atoms with van der Waals surface area (Å²) in [5.74, 6) is 0.229. The summed E-state index contributed by atoms with van der Waals surface area (Å²) in [6.45, 7) is 1.82. The van der Waals surface area contributed by atoms with E-state index in [4.69, 9.17) is 4.74 Å². The molecule has 0 saturated carbocycles. The molecule has 0 unspecified atom stereocenters. The molecule has 0 aliphatic rings. The van der Waals surface area contributed by atoms with Gasteiger partial charge < -0.3 is 4.74 Å². The normalized spacial score (nSPS) is 10.2. The molecule has 0 aromatic heterocycles. The van der Waals surface area contributed by atoms with Crippen molar-refractivity contribution in [1.82, 2.24) is 0 Å². The zero-order valence-corrected chi connectivity index (χ0v) is 8.71. The maximum atomic E-state index is 13.0. The average molecular weight is 220 g/mol. The zero-order valence-electron chi connectivity index (χ0n) is 8.71. The van der Waals surface area contributed by atoms with E-state index >= 15 is 0 Å². The Balaban J connectivity index is 2.26. The van der Waals surface area contributed by atoms with Crippen molar-refractivity contribution in [1.29, 1.82) is 0 Å². The molecule has 2 rings (SSSR count). The molecule has 82 valence electrons. The number of benzene rings is 2. The van der Waals surface area contributed by atoms with Crippen LogP contribution in [-0.2, 0) is 0 Å². The Morgan fingerprint density at radius 2 is 1.50 bits per heavy atom. The Kier molecular flexibility index (Phi) is 2.86. The quantitative estimate of drug-likeness (QED) is 0.741. The van der Waals surface area contributed by atoms with Crippen LogP contribution >= 0.6 is 0 Å². The summed E-state index contributed by atoms with van der Waals surface area (Å²) < 4.78 is 31.1. The molecule has 3 heteroatoms. The van der Waals surface area contributed by atoms with Crippen LogP contribution in [0.25, 0.3) is 0 Å². The summed E-state index contributed by atoms with van der Waals surface area (Å²) in [6.07, 6.45) is 0. The number of hydrogen-bond acceptors (Lipinski definition) is 1. The molecule has 2 aromatic carbocycles. The highest BCUT2D eigenvalue weighted by Gasteiger charge is 2.03. The van der Waals surface area contributed by atoms with Crippen molar-refractivity contribution in [2.75, 3.05) is 0 Å². The molecule has 0 saturated heterocycles.